The fourth-order valence-electron chi connectivity index (χ4n) is 5.12. The first kappa shape index (κ1) is 27.9. The molecule has 1 fully saturated rings. The van der Waals surface area contributed by atoms with Crippen molar-refractivity contribution in [1.29, 1.82) is 0 Å². The first-order chi connectivity index (χ1) is 20.2. The van der Waals surface area contributed by atoms with E-state index in [1.807, 2.05) is 0 Å². The lowest BCUT2D eigenvalue weighted by molar-refractivity contribution is -0.122. The Labute approximate surface area is 252 Å². The lowest BCUT2D eigenvalue weighted by Gasteiger charge is -2.31. The van der Waals surface area contributed by atoms with E-state index in [1.54, 1.807) is 54.6 Å². The van der Waals surface area contributed by atoms with Crippen molar-refractivity contribution in [2.45, 2.75) is 16.2 Å². The summed E-state index contributed by atoms with van der Waals surface area (Å²) in [6.45, 7) is -0.369. The summed E-state index contributed by atoms with van der Waals surface area (Å²) in [5.74, 6) is -1.96. The first-order valence-corrected chi connectivity index (χ1v) is 14.7. The number of phenolic OH excluding ortho intramolecular Hbond substituents is 1. The molecule has 1 saturated heterocycles. The molecule has 6 rings (SSSR count). The summed E-state index contributed by atoms with van der Waals surface area (Å²) >= 11 is 8.53. The third kappa shape index (κ3) is 5.13. The zero-order valence-corrected chi connectivity index (χ0v) is 24.2. The second kappa shape index (κ2) is 11.2. The van der Waals surface area contributed by atoms with Crippen LogP contribution in [0.1, 0.15) is 16.4 Å². The number of thioether (sulfide) groups is 1. The molecule has 10 nitrogen and oxygen atoms in total. The number of carbonyl (C=O) groups is 3. The number of phenols is 1. The van der Waals surface area contributed by atoms with E-state index in [9.17, 15) is 24.3 Å². The van der Waals surface area contributed by atoms with E-state index in [0.29, 0.717) is 37.6 Å². The van der Waals surface area contributed by atoms with Crippen LogP contribution in [0.5, 0.6) is 17.2 Å². The predicted octanol–water partition coefficient (Wildman–Crippen LogP) is 4.62. The van der Waals surface area contributed by atoms with Gasteiger partial charge in [0.1, 0.15) is 22.5 Å². The number of hydrogen-bond acceptors (Lipinski definition) is 9. The van der Waals surface area contributed by atoms with Gasteiger partial charge in [-0.3, -0.25) is 19.2 Å². The van der Waals surface area contributed by atoms with Gasteiger partial charge in [0.15, 0.2) is 6.61 Å². The van der Waals surface area contributed by atoms with Crippen molar-refractivity contribution in [2.75, 3.05) is 23.9 Å². The second-order valence-electron chi connectivity index (χ2n) is 9.53. The number of methoxy groups -OCH3 is 1. The molecule has 13 heteroatoms. The number of anilines is 2. The molecular weight excluding hydrogens is 602 g/mol. The Hall–Kier alpha value is -4.26. The van der Waals surface area contributed by atoms with Gasteiger partial charge in [0, 0.05) is 27.1 Å². The van der Waals surface area contributed by atoms with Crippen molar-refractivity contribution in [3.05, 3.63) is 91.9 Å². The molecule has 3 heterocycles. The van der Waals surface area contributed by atoms with E-state index in [1.165, 1.54) is 24.1 Å². The normalized spacial score (nSPS) is 19.3. The highest BCUT2D eigenvalue weighted by molar-refractivity contribution is 8.00. The molecule has 214 valence electrons. The van der Waals surface area contributed by atoms with Crippen LogP contribution in [0.15, 0.2) is 76.6 Å². The van der Waals surface area contributed by atoms with E-state index < -0.39 is 34.8 Å². The fourth-order valence-corrected chi connectivity index (χ4v) is 7.80. The van der Waals surface area contributed by atoms with Crippen molar-refractivity contribution in [3.63, 3.8) is 0 Å². The van der Waals surface area contributed by atoms with Crippen LogP contribution < -0.4 is 24.6 Å². The van der Waals surface area contributed by atoms with E-state index >= 15 is 0 Å². The molecule has 3 aromatic carbocycles. The Morgan fingerprint density at radius 3 is 2.50 bits per heavy atom. The number of thiazole rings is 1. The van der Waals surface area contributed by atoms with Gasteiger partial charge in [0.25, 0.3) is 5.91 Å². The average molecular weight is 624 g/mol. The van der Waals surface area contributed by atoms with Crippen LogP contribution in [0.25, 0.3) is 0 Å². The average Bonchev–Trinajstić information content (AvgIpc) is 3.47. The molecule has 3 N–H and O–H groups in total. The molecule has 2 aliphatic rings. The molecule has 0 bridgehead atoms. The van der Waals surface area contributed by atoms with Crippen molar-refractivity contribution in [2.24, 2.45) is 5.92 Å². The van der Waals surface area contributed by atoms with E-state index in [2.05, 4.69) is 10.3 Å². The Balaban J connectivity index is 1.35. The molecule has 2 aliphatic heterocycles. The zero-order valence-electron chi connectivity index (χ0n) is 21.8. The molecule has 4 aromatic rings. The van der Waals surface area contributed by atoms with Gasteiger partial charge < -0.3 is 24.9 Å². The number of rotatable bonds is 7. The number of carbonyl (C=O) groups excluding carboxylic acids is 3. The largest absolute Gasteiger partial charge is 0.508 e. The number of aromatic hydroxyl groups is 1. The molecule has 42 heavy (non-hydrogen) atoms. The Bertz CT molecular complexity index is 1750. The third-order valence-corrected chi connectivity index (χ3v) is 9.61. The minimum absolute atomic E-state index is 0.0657. The van der Waals surface area contributed by atoms with Gasteiger partial charge >= 0.3 is 4.87 Å². The van der Waals surface area contributed by atoms with Crippen LogP contribution in [0.2, 0.25) is 5.02 Å². The Kier molecular flexibility index (Phi) is 7.43. The van der Waals surface area contributed by atoms with E-state index in [4.69, 9.17) is 21.1 Å². The number of nitrogens with zero attached hydrogens (tertiary/aromatic N) is 1. The number of benzene rings is 3. The maximum absolute atomic E-state index is 14.0. The van der Waals surface area contributed by atoms with Crippen LogP contribution in [0.4, 0.5) is 11.4 Å². The van der Waals surface area contributed by atoms with Crippen LogP contribution in [-0.2, 0) is 14.4 Å². The first-order valence-electron chi connectivity index (χ1n) is 12.7. The molecule has 0 saturated carbocycles. The number of hydrogen-bond donors (Lipinski definition) is 3. The summed E-state index contributed by atoms with van der Waals surface area (Å²) < 4.78 is 11.1. The molecule has 3 amide bonds. The molecule has 0 aliphatic carbocycles. The van der Waals surface area contributed by atoms with Gasteiger partial charge in [-0.1, -0.05) is 34.7 Å². The topological polar surface area (TPSA) is 138 Å². The lowest BCUT2D eigenvalue weighted by Crippen LogP contribution is -2.32. The molecule has 0 unspecified atom stereocenters. The highest BCUT2D eigenvalue weighted by atomic mass is 35.5. The van der Waals surface area contributed by atoms with Gasteiger partial charge in [-0.15, -0.1) is 0 Å². The second-order valence-corrected chi connectivity index (χ2v) is 12.1. The molecule has 1 aromatic heterocycles. The molecule has 3 atom stereocenters. The quantitative estimate of drug-likeness (QED) is 0.200. The molecule has 0 spiro atoms. The van der Waals surface area contributed by atoms with Crippen LogP contribution >= 0.6 is 34.7 Å². The van der Waals surface area contributed by atoms with Crippen molar-refractivity contribution in [1.82, 2.24) is 4.98 Å². The highest BCUT2D eigenvalue weighted by Gasteiger charge is 2.56. The maximum atomic E-state index is 14.0. The van der Waals surface area contributed by atoms with Gasteiger partial charge in [-0.05, 0) is 66.7 Å². The van der Waals surface area contributed by atoms with Gasteiger partial charge in [-0.2, -0.15) is 0 Å². The number of aromatic amines is 1. The summed E-state index contributed by atoms with van der Waals surface area (Å²) in [6.07, 6.45) is 0. The minimum Gasteiger partial charge on any atom is -0.508 e. The number of amides is 3. The van der Waals surface area contributed by atoms with Crippen LogP contribution in [0, 0.1) is 5.92 Å². The lowest BCUT2D eigenvalue weighted by atomic mass is 9.82. The summed E-state index contributed by atoms with van der Waals surface area (Å²) in [7, 11) is 1.53. The number of ether oxygens (including phenoxy) is 2. The third-order valence-electron chi connectivity index (χ3n) is 6.97. The number of nitrogens with one attached hydrogen (secondary N) is 2. The summed E-state index contributed by atoms with van der Waals surface area (Å²) in [4.78, 5) is 57.1. The monoisotopic (exact) mass is 623 g/mol. The minimum atomic E-state index is -0.866. The van der Waals surface area contributed by atoms with Crippen molar-refractivity contribution >= 4 is 63.8 Å². The van der Waals surface area contributed by atoms with E-state index in [0.717, 1.165) is 23.1 Å². The highest BCUT2D eigenvalue weighted by Crippen LogP contribution is 2.54. The van der Waals surface area contributed by atoms with Gasteiger partial charge in [-0.25, -0.2) is 4.90 Å². The SMILES string of the molecule is COc1ccc(N2C(=O)[C@H]3[C@H](c4cc(Cl)ccc4OCC(=O)Nc4ccc(O)cc4)c4sc(=O)[nH]c4S[C@H]3C2=O)cc1. The van der Waals surface area contributed by atoms with Gasteiger partial charge in [0.2, 0.25) is 11.8 Å². The van der Waals surface area contributed by atoms with Crippen LogP contribution in [-0.4, -0.2) is 46.8 Å². The maximum Gasteiger partial charge on any atom is 0.305 e. The summed E-state index contributed by atoms with van der Waals surface area (Å²) in [5.41, 5.74) is 1.36. The smallest absolute Gasteiger partial charge is 0.305 e. The number of halogens is 1. The fraction of sp³-hybridized carbons (Fsp3) is 0.172. The zero-order chi connectivity index (χ0) is 29.5. The standard InChI is InChI=1S/C29H22ClN3O7S2/c1-39-18-9-5-16(6-10-18)33-27(36)23-22(24-26(32-29(38)42-24)41-25(23)28(33)37)19-12-14(30)2-11-20(19)40-13-21(35)31-15-3-7-17(34)8-4-15/h2-12,22-23,25,34H,13H2,1H3,(H,31,35)(H,32,38)/t22-,23-,25+/m0/s1. The van der Waals surface area contributed by atoms with Gasteiger partial charge in [0.05, 0.1) is 23.7 Å². The number of aromatic nitrogens is 1. The molecule has 0 radical (unpaired) electrons. The summed E-state index contributed by atoms with van der Waals surface area (Å²) in [5, 5.41) is 12.2. The van der Waals surface area contributed by atoms with Crippen molar-refractivity contribution in [3.8, 4) is 17.2 Å². The predicted molar refractivity (Wildman–Crippen MR) is 159 cm³/mol. The number of H-pyrrole nitrogens is 1. The van der Waals surface area contributed by atoms with Crippen LogP contribution in [0.3, 0.4) is 0 Å². The Morgan fingerprint density at radius 2 is 1.79 bits per heavy atom. The number of imide groups is 1. The Morgan fingerprint density at radius 1 is 1.05 bits per heavy atom. The van der Waals surface area contributed by atoms with E-state index in [-0.39, 0.29) is 23.0 Å². The summed E-state index contributed by atoms with van der Waals surface area (Å²) in [6, 6.07) is 17.4. The number of fused-ring (bicyclic) bond motifs is 2. The molecular formula is C29H22ClN3O7S2. The van der Waals surface area contributed by atoms with Crippen molar-refractivity contribution < 1.29 is 29.0 Å².